The highest BCUT2D eigenvalue weighted by molar-refractivity contribution is 7.99. The van der Waals surface area contributed by atoms with Crippen molar-refractivity contribution in [2.45, 2.75) is 13.8 Å². The van der Waals surface area contributed by atoms with Gasteiger partial charge in [0.25, 0.3) is 0 Å². The molecule has 0 saturated carbocycles. The summed E-state index contributed by atoms with van der Waals surface area (Å²) in [4.78, 5) is 24.6. The van der Waals surface area contributed by atoms with Crippen LogP contribution in [0.4, 0.5) is 11.5 Å². The van der Waals surface area contributed by atoms with Gasteiger partial charge in [-0.25, -0.2) is 9.97 Å². The molecule has 1 amide bonds. The number of aromatic nitrogens is 3. The molecule has 0 atom stereocenters. The zero-order valence-corrected chi connectivity index (χ0v) is 20.6. The number of hydrogen-bond donors (Lipinski definition) is 2. The predicted molar refractivity (Wildman–Crippen MR) is 141 cm³/mol. The summed E-state index contributed by atoms with van der Waals surface area (Å²) in [5, 5.41) is 7.02. The first-order chi connectivity index (χ1) is 17.0. The molecular weight excluding hydrogens is 458 g/mol. The topological polar surface area (TPSA) is 89.0 Å². The zero-order chi connectivity index (χ0) is 24.6. The fourth-order valence-electron chi connectivity index (χ4n) is 3.33. The monoisotopic (exact) mass is 483 g/mol. The van der Waals surface area contributed by atoms with Gasteiger partial charge in [-0.05, 0) is 74.2 Å². The molecule has 4 rings (SSSR count). The van der Waals surface area contributed by atoms with E-state index in [-0.39, 0.29) is 5.91 Å². The molecule has 0 unspecified atom stereocenters. The van der Waals surface area contributed by atoms with Crippen LogP contribution in [0.1, 0.15) is 16.8 Å². The second kappa shape index (κ2) is 11.4. The van der Waals surface area contributed by atoms with Gasteiger partial charge in [-0.3, -0.25) is 9.78 Å². The third kappa shape index (κ3) is 6.49. The highest BCUT2D eigenvalue weighted by Crippen LogP contribution is 2.29. The minimum Gasteiger partial charge on any atom is -0.455 e. The van der Waals surface area contributed by atoms with E-state index in [1.54, 1.807) is 6.20 Å². The lowest BCUT2D eigenvalue weighted by atomic mass is 10.1. The molecule has 4 aromatic rings. The van der Waals surface area contributed by atoms with Crippen molar-refractivity contribution in [2.24, 2.45) is 0 Å². The van der Waals surface area contributed by atoms with Crippen LogP contribution in [0.3, 0.4) is 0 Å². The lowest BCUT2D eigenvalue weighted by Crippen LogP contribution is -2.25. The Balaban J connectivity index is 1.50. The molecule has 0 radical (unpaired) electrons. The minimum atomic E-state index is -0.0209. The third-order valence-corrected chi connectivity index (χ3v) is 5.62. The molecule has 0 aliphatic heterocycles. The Morgan fingerprint density at radius 1 is 1.06 bits per heavy atom. The number of pyridine rings is 1. The number of aryl methyl sites for hydroxylation is 2. The molecule has 0 saturated heterocycles. The van der Waals surface area contributed by atoms with Gasteiger partial charge in [-0.2, -0.15) is 11.8 Å². The maximum Gasteiger partial charge on any atom is 0.230 e. The highest BCUT2D eigenvalue weighted by atomic mass is 32.2. The van der Waals surface area contributed by atoms with Crippen LogP contribution in [0, 0.1) is 25.7 Å². The van der Waals surface area contributed by atoms with Crippen LogP contribution >= 0.6 is 11.8 Å². The molecule has 176 valence electrons. The van der Waals surface area contributed by atoms with Gasteiger partial charge in [0, 0.05) is 22.3 Å². The summed E-state index contributed by atoms with van der Waals surface area (Å²) in [6, 6.07) is 15.5. The van der Waals surface area contributed by atoms with Crippen LogP contribution in [0.25, 0.3) is 10.9 Å². The maximum atomic E-state index is 11.6. The molecule has 35 heavy (non-hydrogen) atoms. The van der Waals surface area contributed by atoms with Crippen LogP contribution in [-0.4, -0.2) is 39.4 Å². The van der Waals surface area contributed by atoms with E-state index < -0.39 is 0 Å². The molecule has 8 heteroatoms. The molecule has 2 aromatic heterocycles. The van der Waals surface area contributed by atoms with E-state index in [1.165, 1.54) is 18.1 Å². The average Bonchev–Trinajstić information content (AvgIpc) is 2.85. The lowest BCUT2D eigenvalue weighted by Gasteiger charge is -2.12. The number of carbonyl (C=O) groups excluding carboxylic acids is 1. The molecule has 2 heterocycles. The number of nitrogens with one attached hydrogen (secondary N) is 2. The lowest BCUT2D eigenvalue weighted by molar-refractivity contribution is -0.118. The minimum absolute atomic E-state index is 0.0209. The van der Waals surface area contributed by atoms with E-state index >= 15 is 0 Å². The maximum absolute atomic E-state index is 11.6. The van der Waals surface area contributed by atoms with E-state index in [4.69, 9.17) is 4.74 Å². The van der Waals surface area contributed by atoms with E-state index in [1.807, 2.05) is 68.6 Å². The predicted octanol–water partition coefficient (Wildman–Crippen LogP) is 5.01. The van der Waals surface area contributed by atoms with Gasteiger partial charge < -0.3 is 15.4 Å². The summed E-state index contributed by atoms with van der Waals surface area (Å²) in [7, 11) is 0. The summed E-state index contributed by atoms with van der Waals surface area (Å²) in [5.74, 6) is 8.63. The molecule has 0 aliphatic rings. The van der Waals surface area contributed by atoms with Crippen molar-refractivity contribution in [1.82, 2.24) is 20.3 Å². The average molecular weight is 484 g/mol. The molecule has 0 aliphatic carbocycles. The number of nitrogens with zero attached hydrogens (tertiary/aromatic N) is 3. The second-order valence-corrected chi connectivity index (χ2v) is 8.67. The Kier molecular flexibility index (Phi) is 7.81. The standard InChI is InChI=1S/C27H25N5O2S/c1-18-13-21(8-11-25(18)34-22-9-6-19(2)29-15-22)32-27-23-14-20(7-10-24(23)30-17-31-27)5-4-12-28-26(33)16-35-3/h6-11,13-15,17H,12,16H2,1-3H3,(H,28,33)(H,30,31,32). The number of amides is 1. The molecule has 0 fully saturated rings. The molecule has 0 spiro atoms. The Morgan fingerprint density at radius 2 is 1.94 bits per heavy atom. The number of ether oxygens (including phenoxy) is 1. The van der Waals surface area contributed by atoms with E-state index in [2.05, 4.69) is 37.4 Å². The Hall–Kier alpha value is -4.09. The van der Waals surface area contributed by atoms with Crippen LogP contribution < -0.4 is 15.4 Å². The van der Waals surface area contributed by atoms with Crippen molar-refractivity contribution in [3.05, 3.63) is 77.9 Å². The van der Waals surface area contributed by atoms with Gasteiger partial charge >= 0.3 is 0 Å². The fourth-order valence-corrected chi connectivity index (χ4v) is 3.69. The Bertz CT molecular complexity index is 1410. The van der Waals surface area contributed by atoms with Crippen LogP contribution in [0.15, 0.2) is 61.1 Å². The second-order valence-electron chi connectivity index (χ2n) is 7.81. The van der Waals surface area contributed by atoms with E-state index in [9.17, 15) is 4.79 Å². The van der Waals surface area contributed by atoms with Gasteiger partial charge in [0.2, 0.25) is 5.91 Å². The largest absolute Gasteiger partial charge is 0.455 e. The smallest absolute Gasteiger partial charge is 0.230 e. The first-order valence-electron chi connectivity index (χ1n) is 11.0. The van der Waals surface area contributed by atoms with E-state index in [0.717, 1.165) is 39.2 Å². The van der Waals surface area contributed by atoms with Crippen molar-refractivity contribution in [3.8, 4) is 23.3 Å². The Labute approximate surface area is 208 Å². The van der Waals surface area contributed by atoms with Crippen LogP contribution in [-0.2, 0) is 4.79 Å². The van der Waals surface area contributed by atoms with E-state index in [0.29, 0.717) is 23.9 Å². The molecule has 0 bridgehead atoms. The van der Waals surface area contributed by atoms with Crippen LogP contribution in [0.5, 0.6) is 11.5 Å². The van der Waals surface area contributed by atoms with Gasteiger partial charge in [-0.15, -0.1) is 0 Å². The third-order valence-electron chi connectivity index (χ3n) is 5.07. The van der Waals surface area contributed by atoms with Crippen molar-refractivity contribution in [1.29, 1.82) is 0 Å². The summed E-state index contributed by atoms with van der Waals surface area (Å²) in [6.45, 7) is 4.24. The number of hydrogen-bond acceptors (Lipinski definition) is 7. The number of anilines is 2. The SMILES string of the molecule is CSCC(=O)NCC#Cc1ccc2ncnc(Nc3ccc(Oc4ccc(C)nc4)c(C)c3)c2c1. The highest BCUT2D eigenvalue weighted by Gasteiger charge is 2.08. The quantitative estimate of drug-likeness (QED) is 0.357. The van der Waals surface area contributed by atoms with Crippen molar-refractivity contribution < 1.29 is 9.53 Å². The number of thioether (sulfide) groups is 1. The molecule has 7 nitrogen and oxygen atoms in total. The van der Waals surface area contributed by atoms with Gasteiger partial charge in [-0.1, -0.05) is 11.8 Å². The first kappa shape index (κ1) is 24.0. The number of rotatable bonds is 7. The summed E-state index contributed by atoms with van der Waals surface area (Å²) in [5.41, 5.74) is 4.43. The number of benzene rings is 2. The molecular formula is C27H25N5O2S. The van der Waals surface area contributed by atoms with Crippen molar-refractivity contribution in [2.75, 3.05) is 23.9 Å². The van der Waals surface area contributed by atoms with Gasteiger partial charge in [0.05, 0.1) is 24.0 Å². The number of fused-ring (bicyclic) bond motifs is 1. The first-order valence-corrected chi connectivity index (χ1v) is 12.4. The van der Waals surface area contributed by atoms with Crippen LogP contribution in [0.2, 0.25) is 0 Å². The van der Waals surface area contributed by atoms with Crippen molar-refractivity contribution in [3.63, 3.8) is 0 Å². The molecule has 2 N–H and O–H groups in total. The Morgan fingerprint density at radius 3 is 2.71 bits per heavy atom. The van der Waals surface area contributed by atoms with Gasteiger partial charge in [0.15, 0.2) is 0 Å². The zero-order valence-electron chi connectivity index (χ0n) is 19.8. The molecule has 2 aromatic carbocycles. The summed E-state index contributed by atoms with van der Waals surface area (Å²) in [6.07, 6.45) is 5.14. The van der Waals surface area contributed by atoms with Crippen molar-refractivity contribution >= 4 is 40.1 Å². The fraction of sp³-hybridized carbons (Fsp3) is 0.185. The number of carbonyl (C=O) groups is 1. The summed E-state index contributed by atoms with van der Waals surface area (Å²) >= 11 is 1.48. The summed E-state index contributed by atoms with van der Waals surface area (Å²) < 4.78 is 5.97. The normalized spacial score (nSPS) is 10.4. The van der Waals surface area contributed by atoms with Gasteiger partial charge in [0.1, 0.15) is 23.6 Å².